The molecule has 1 aliphatic rings. The van der Waals surface area contributed by atoms with Gasteiger partial charge in [-0.15, -0.1) is 11.8 Å². The second-order valence-electron chi connectivity index (χ2n) is 5.23. The van der Waals surface area contributed by atoms with Crippen LogP contribution in [0.15, 0.2) is 30.3 Å². The number of thioether (sulfide) groups is 1. The lowest BCUT2D eigenvalue weighted by atomic mass is 10.0. The summed E-state index contributed by atoms with van der Waals surface area (Å²) < 4.78 is -0.315. The van der Waals surface area contributed by atoms with Crippen molar-refractivity contribution in [3.63, 3.8) is 0 Å². The number of rotatable bonds is 5. The normalized spacial score (nSPS) is 24.1. The molecule has 1 unspecified atom stereocenters. The van der Waals surface area contributed by atoms with Gasteiger partial charge in [0.25, 0.3) is 0 Å². The van der Waals surface area contributed by atoms with E-state index in [4.69, 9.17) is 0 Å². The van der Waals surface area contributed by atoms with Gasteiger partial charge < -0.3 is 10.4 Å². The summed E-state index contributed by atoms with van der Waals surface area (Å²) in [4.78, 5) is 12.3. The molecule has 1 aromatic rings. The molecule has 1 aromatic carbocycles. The molecule has 0 aromatic heterocycles. The smallest absolute Gasteiger partial charge is 0.236 e. The van der Waals surface area contributed by atoms with E-state index < -0.39 is 0 Å². The van der Waals surface area contributed by atoms with E-state index in [-0.39, 0.29) is 23.3 Å². The fraction of sp³-hybridized carbons (Fsp3) is 0.533. The van der Waals surface area contributed by atoms with Crippen LogP contribution in [0.2, 0.25) is 0 Å². The van der Waals surface area contributed by atoms with Gasteiger partial charge in [0.15, 0.2) is 0 Å². The highest BCUT2D eigenvalue weighted by Gasteiger charge is 2.37. The predicted molar refractivity (Wildman–Crippen MR) is 79.3 cm³/mol. The molecule has 1 amide bonds. The van der Waals surface area contributed by atoms with Gasteiger partial charge in [0.1, 0.15) is 0 Å². The predicted octanol–water partition coefficient (Wildman–Crippen LogP) is 1.99. The van der Waals surface area contributed by atoms with E-state index in [9.17, 15) is 9.90 Å². The van der Waals surface area contributed by atoms with Gasteiger partial charge in [-0.2, -0.15) is 0 Å². The summed E-state index contributed by atoms with van der Waals surface area (Å²) in [6.07, 6.45) is 2.69. The molecule has 0 radical (unpaired) electrons. The quantitative estimate of drug-likeness (QED) is 0.866. The van der Waals surface area contributed by atoms with Gasteiger partial charge in [0, 0.05) is 0 Å². The first-order valence-electron chi connectivity index (χ1n) is 6.74. The number of aliphatic hydroxyl groups excluding tert-OH is 1. The number of carbonyl (C=O) groups excluding carboxylic acids is 1. The molecule has 2 atom stereocenters. The van der Waals surface area contributed by atoms with E-state index in [2.05, 4.69) is 5.32 Å². The zero-order valence-electron chi connectivity index (χ0n) is 11.3. The van der Waals surface area contributed by atoms with Gasteiger partial charge in [-0.05, 0) is 37.5 Å². The van der Waals surface area contributed by atoms with Crippen LogP contribution in [-0.2, 0) is 11.2 Å². The second kappa shape index (κ2) is 6.44. The molecule has 3 nitrogen and oxygen atoms in total. The van der Waals surface area contributed by atoms with Gasteiger partial charge in [0.2, 0.25) is 5.91 Å². The third-order valence-corrected chi connectivity index (χ3v) is 5.10. The van der Waals surface area contributed by atoms with E-state index in [0.29, 0.717) is 6.42 Å². The summed E-state index contributed by atoms with van der Waals surface area (Å²) in [5, 5.41) is 12.4. The fourth-order valence-corrected chi connectivity index (χ4v) is 3.57. The summed E-state index contributed by atoms with van der Waals surface area (Å²) in [5.41, 5.74) is 1.13. The van der Waals surface area contributed by atoms with E-state index in [1.54, 1.807) is 11.8 Å². The standard InChI is InChI=1S/C15H21NO2S/c1-15(8-5-9-19-15)14(18)16-13(11-17)10-12-6-3-2-4-7-12/h2-4,6-7,13,17H,5,8-11H2,1H3,(H,16,18)/t13-,15?/m1/s1. The van der Waals surface area contributed by atoms with Crippen molar-refractivity contribution in [2.75, 3.05) is 12.4 Å². The number of carbonyl (C=O) groups is 1. The average molecular weight is 279 g/mol. The van der Waals surface area contributed by atoms with Crippen molar-refractivity contribution >= 4 is 17.7 Å². The van der Waals surface area contributed by atoms with Crippen LogP contribution in [0.4, 0.5) is 0 Å². The summed E-state index contributed by atoms with van der Waals surface area (Å²) in [6.45, 7) is 1.97. The molecule has 0 spiro atoms. The van der Waals surface area contributed by atoms with Crippen molar-refractivity contribution in [1.29, 1.82) is 0 Å². The monoisotopic (exact) mass is 279 g/mol. The maximum atomic E-state index is 12.3. The van der Waals surface area contributed by atoms with Gasteiger partial charge >= 0.3 is 0 Å². The first-order chi connectivity index (χ1) is 9.14. The highest BCUT2D eigenvalue weighted by Crippen LogP contribution is 2.37. The number of benzene rings is 1. The minimum atomic E-state index is -0.315. The molecule has 0 saturated carbocycles. The van der Waals surface area contributed by atoms with Gasteiger partial charge in [0.05, 0.1) is 17.4 Å². The van der Waals surface area contributed by atoms with E-state index in [1.807, 2.05) is 37.3 Å². The Balaban J connectivity index is 1.94. The zero-order chi connectivity index (χ0) is 13.7. The summed E-state index contributed by atoms with van der Waals surface area (Å²) in [5.74, 6) is 1.11. The molecule has 4 heteroatoms. The lowest BCUT2D eigenvalue weighted by Gasteiger charge is -2.25. The van der Waals surface area contributed by atoms with Crippen molar-refractivity contribution in [1.82, 2.24) is 5.32 Å². The van der Waals surface area contributed by atoms with E-state index >= 15 is 0 Å². The number of hydrogen-bond donors (Lipinski definition) is 2. The molecule has 0 bridgehead atoms. The third kappa shape index (κ3) is 3.74. The fourth-order valence-electron chi connectivity index (χ4n) is 2.36. The first-order valence-corrected chi connectivity index (χ1v) is 7.72. The van der Waals surface area contributed by atoms with Crippen molar-refractivity contribution in [3.05, 3.63) is 35.9 Å². The Morgan fingerprint density at radius 1 is 1.47 bits per heavy atom. The average Bonchev–Trinajstić information content (AvgIpc) is 2.87. The van der Waals surface area contributed by atoms with Crippen LogP contribution in [0, 0.1) is 0 Å². The van der Waals surface area contributed by atoms with Crippen molar-refractivity contribution in [2.24, 2.45) is 0 Å². The molecule has 104 valence electrons. The molecular weight excluding hydrogens is 258 g/mol. The highest BCUT2D eigenvalue weighted by atomic mass is 32.2. The number of nitrogens with one attached hydrogen (secondary N) is 1. The Hall–Kier alpha value is -1.00. The second-order valence-corrected chi connectivity index (χ2v) is 6.82. The molecule has 2 N–H and O–H groups in total. The highest BCUT2D eigenvalue weighted by molar-refractivity contribution is 8.01. The van der Waals surface area contributed by atoms with Crippen molar-refractivity contribution in [2.45, 2.75) is 37.0 Å². The van der Waals surface area contributed by atoms with E-state index in [0.717, 1.165) is 24.2 Å². The minimum Gasteiger partial charge on any atom is -0.394 e. The molecular formula is C15H21NO2S. The largest absolute Gasteiger partial charge is 0.394 e. The Kier molecular flexibility index (Phi) is 4.88. The van der Waals surface area contributed by atoms with Gasteiger partial charge in [-0.1, -0.05) is 30.3 Å². The Morgan fingerprint density at radius 2 is 2.21 bits per heavy atom. The van der Waals surface area contributed by atoms with Crippen LogP contribution in [0.3, 0.4) is 0 Å². The molecule has 2 rings (SSSR count). The molecule has 1 aliphatic heterocycles. The van der Waals surface area contributed by atoms with Gasteiger partial charge in [-0.25, -0.2) is 0 Å². The van der Waals surface area contributed by atoms with Crippen LogP contribution in [0.25, 0.3) is 0 Å². The van der Waals surface area contributed by atoms with E-state index in [1.165, 1.54) is 0 Å². The van der Waals surface area contributed by atoms with Crippen LogP contribution in [0.5, 0.6) is 0 Å². The maximum Gasteiger partial charge on any atom is 0.236 e. The summed E-state index contributed by atoms with van der Waals surface area (Å²) >= 11 is 1.72. The lowest BCUT2D eigenvalue weighted by Crippen LogP contribution is -2.47. The maximum absolute atomic E-state index is 12.3. The van der Waals surface area contributed by atoms with Crippen LogP contribution in [0.1, 0.15) is 25.3 Å². The Labute approximate surface area is 118 Å². The summed E-state index contributed by atoms with van der Waals surface area (Å²) in [6, 6.07) is 9.74. The minimum absolute atomic E-state index is 0.0264. The topological polar surface area (TPSA) is 49.3 Å². The summed E-state index contributed by atoms with van der Waals surface area (Å²) in [7, 11) is 0. The zero-order valence-corrected chi connectivity index (χ0v) is 12.1. The van der Waals surface area contributed by atoms with Crippen molar-refractivity contribution in [3.8, 4) is 0 Å². The Morgan fingerprint density at radius 3 is 2.79 bits per heavy atom. The molecule has 1 heterocycles. The SMILES string of the molecule is CC1(C(=O)N[C@@H](CO)Cc2ccccc2)CCCS1. The van der Waals surface area contributed by atoms with Gasteiger partial charge in [-0.3, -0.25) is 4.79 Å². The first kappa shape index (κ1) is 14.4. The molecule has 19 heavy (non-hydrogen) atoms. The van der Waals surface area contributed by atoms with Crippen LogP contribution in [-0.4, -0.2) is 34.2 Å². The number of aliphatic hydroxyl groups is 1. The number of amides is 1. The molecule has 0 aliphatic carbocycles. The Bertz CT molecular complexity index is 415. The molecule has 1 saturated heterocycles. The lowest BCUT2D eigenvalue weighted by molar-refractivity contribution is -0.124. The molecule has 1 fully saturated rings. The van der Waals surface area contributed by atoms with Crippen molar-refractivity contribution < 1.29 is 9.90 Å². The van der Waals surface area contributed by atoms with Crippen LogP contribution >= 0.6 is 11.8 Å². The number of hydrogen-bond acceptors (Lipinski definition) is 3. The third-order valence-electron chi connectivity index (χ3n) is 3.58. The van der Waals surface area contributed by atoms with Crippen LogP contribution < -0.4 is 5.32 Å².